The highest BCUT2D eigenvalue weighted by atomic mass is 14.7. The summed E-state index contributed by atoms with van der Waals surface area (Å²) in [5, 5.41) is 0. The van der Waals surface area contributed by atoms with Gasteiger partial charge in [0.25, 0.3) is 0 Å². The van der Waals surface area contributed by atoms with E-state index in [1.54, 1.807) is 0 Å². The summed E-state index contributed by atoms with van der Waals surface area (Å²) in [5.74, 6) is 0. The van der Waals surface area contributed by atoms with E-state index < -0.39 is 0 Å². The fourth-order valence-corrected chi connectivity index (χ4v) is 2.93. The third-order valence-electron chi connectivity index (χ3n) is 3.71. The zero-order valence-electron chi connectivity index (χ0n) is 11.9. The van der Waals surface area contributed by atoms with Gasteiger partial charge in [-0.05, 0) is 49.9 Å². The van der Waals surface area contributed by atoms with E-state index in [1.807, 2.05) is 26.3 Å². The van der Waals surface area contributed by atoms with Gasteiger partial charge in [0.05, 0.1) is 11.4 Å². The number of nitrogens with zero attached hydrogens (tertiary/aromatic N) is 2. The standard InChI is InChI=1S/C18H18N2/c1-3-19-15-9-5-7-13-11-12-14-8-6-10-16(20-4-2)18(14)17(13)15/h3-10H,11-12H2,1-2H3/b19-3-,20-4-. The van der Waals surface area contributed by atoms with Crippen LogP contribution in [0.25, 0.3) is 11.1 Å². The highest BCUT2D eigenvalue weighted by Gasteiger charge is 2.21. The Kier molecular flexibility index (Phi) is 3.46. The number of hydrogen-bond donors (Lipinski definition) is 0. The lowest BCUT2D eigenvalue weighted by atomic mass is 9.83. The molecular formula is C18H18N2. The molecule has 1 aliphatic carbocycles. The smallest absolute Gasteiger partial charge is 0.0707 e. The van der Waals surface area contributed by atoms with Crippen LogP contribution < -0.4 is 0 Å². The Balaban J connectivity index is 2.33. The molecule has 2 aromatic carbocycles. The van der Waals surface area contributed by atoms with Gasteiger partial charge in [-0.3, -0.25) is 9.98 Å². The first kappa shape index (κ1) is 12.8. The molecule has 2 heteroatoms. The second kappa shape index (κ2) is 5.41. The number of benzene rings is 2. The van der Waals surface area contributed by atoms with Crippen LogP contribution in [-0.2, 0) is 12.8 Å². The molecule has 0 spiro atoms. The van der Waals surface area contributed by atoms with E-state index >= 15 is 0 Å². The van der Waals surface area contributed by atoms with Crippen molar-refractivity contribution in [3.05, 3.63) is 47.5 Å². The maximum atomic E-state index is 4.54. The molecule has 3 rings (SSSR count). The Morgan fingerprint density at radius 3 is 1.60 bits per heavy atom. The summed E-state index contributed by atoms with van der Waals surface area (Å²) in [6, 6.07) is 12.8. The SMILES string of the molecule is C/C=N\c1cccc2c1-c1c(cccc1/N=C\C)CC2. The molecule has 0 radical (unpaired) electrons. The van der Waals surface area contributed by atoms with Gasteiger partial charge in [0.1, 0.15) is 0 Å². The van der Waals surface area contributed by atoms with Crippen LogP contribution in [0.15, 0.2) is 46.4 Å². The van der Waals surface area contributed by atoms with Crippen LogP contribution in [-0.4, -0.2) is 12.4 Å². The summed E-state index contributed by atoms with van der Waals surface area (Å²) in [7, 11) is 0. The molecular weight excluding hydrogens is 244 g/mol. The fourth-order valence-electron chi connectivity index (χ4n) is 2.93. The van der Waals surface area contributed by atoms with E-state index in [2.05, 4.69) is 46.4 Å². The van der Waals surface area contributed by atoms with E-state index in [4.69, 9.17) is 0 Å². The molecule has 0 atom stereocenters. The number of rotatable bonds is 2. The van der Waals surface area contributed by atoms with Gasteiger partial charge in [-0.15, -0.1) is 0 Å². The van der Waals surface area contributed by atoms with Crippen molar-refractivity contribution in [3.63, 3.8) is 0 Å². The topological polar surface area (TPSA) is 24.7 Å². The van der Waals surface area contributed by atoms with Crippen LogP contribution >= 0.6 is 0 Å². The molecule has 0 fully saturated rings. The van der Waals surface area contributed by atoms with E-state index in [-0.39, 0.29) is 0 Å². The minimum atomic E-state index is 1.05. The lowest BCUT2D eigenvalue weighted by Gasteiger charge is -2.22. The molecule has 0 N–H and O–H groups in total. The molecule has 0 bridgehead atoms. The molecule has 2 nitrogen and oxygen atoms in total. The molecule has 20 heavy (non-hydrogen) atoms. The van der Waals surface area contributed by atoms with Crippen LogP contribution in [0.1, 0.15) is 25.0 Å². The highest BCUT2D eigenvalue weighted by molar-refractivity contribution is 5.91. The average molecular weight is 262 g/mol. The zero-order valence-corrected chi connectivity index (χ0v) is 11.9. The summed E-state index contributed by atoms with van der Waals surface area (Å²) >= 11 is 0. The summed E-state index contributed by atoms with van der Waals surface area (Å²) in [4.78, 5) is 9.09. The molecule has 0 amide bonds. The second-order valence-corrected chi connectivity index (χ2v) is 4.90. The first-order valence-electron chi connectivity index (χ1n) is 7.06. The molecule has 0 saturated heterocycles. The van der Waals surface area contributed by atoms with Crippen molar-refractivity contribution in [2.24, 2.45) is 9.98 Å². The van der Waals surface area contributed by atoms with E-state index in [9.17, 15) is 0 Å². The van der Waals surface area contributed by atoms with Crippen LogP contribution in [0.2, 0.25) is 0 Å². The van der Waals surface area contributed by atoms with Gasteiger partial charge in [-0.25, -0.2) is 0 Å². The normalized spacial score (nSPS) is 13.7. The average Bonchev–Trinajstić information content (AvgIpc) is 2.48. The summed E-state index contributed by atoms with van der Waals surface area (Å²) in [6.45, 7) is 3.92. The number of hydrogen-bond acceptors (Lipinski definition) is 2. The quantitative estimate of drug-likeness (QED) is 0.688. The highest BCUT2D eigenvalue weighted by Crippen LogP contribution is 2.44. The number of aliphatic imine (C=N–C) groups is 2. The van der Waals surface area contributed by atoms with Crippen molar-refractivity contribution in [1.82, 2.24) is 0 Å². The third-order valence-corrected chi connectivity index (χ3v) is 3.71. The van der Waals surface area contributed by atoms with Gasteiger partial charge >= 0.3 is 0 Å². The molecule has 0 saturated carbocycles. The zero-order chi connectivity index (χ0) is 13.9. The van der Waals surface area contributed by atoms with Crippen molar-refractivity contribution < 1.29 is 0 Å². The second-order valence-electron chi connectivity index (χ2n) is 4.90. The minimum Gasteiger partial charge on any atom is -0.261 e. The van der Waals surface area contributed by atoms with Crippen molar-refractivity contribution in [2.75, 3.05) is 0 Å². The molecule has 0 heterocycles. The predicted molar refractivity (Wildman–Crippen MR) is 86.9 cm³/mol. The molecule has 0 aromatic heterocycles. The summed E-state index contributed by atoms with van der Waals surface area (Å²) in [5.41, 5.74) is 7.36. The Morgan fingerprint density at radius 2 is 1.20 bits per heavy atom. The Hall–Kier alpha value is -2.22. The third kappa shape index (κ3) is 2.07. The van der Waals surface area contributed by atoms with Crippen molar-refractivity contribution >= 4 is 23.8 Å². The molecule has 0 unspecified atom stereocenters. The van der Waals surface area contributed by atoms with Gasteiger partial charge in [0.15, 0.2) is 0 Å². The Morgan fingerprint density at radius 1 is 0.750 bits per heavy atom. The van der Waals surface area contributed by atoms with Crippen LogP contribution in [0.5, 0.6) is 0 Å². The number of aryl methyl sites for hydroxylation is 2. The minimum absolute atomic E-state index is 1.05. The summed E-state index contributed by atoms with van der Waals surface area (Å²) < 4.78 is 0. The monoisotopic (exact) mass is 262 g/mol. The van der Waals surface area contributed by atoms with Crippen LogP contribution in [0.4, 0.5) is 11.4 Å². The van der Waals surface area contributed by atoms with Gasteiger partial charge in [0, 0.05) is 23.6 Å². The first-order chi connectivity index (χ1) is 9.85. The van der Waals surface area contributed by atoms with Crippen LogP contribution in [0, 0.1) is 0 Å². The summed E-state index contributed by atoms with van der Waals surface area (Å²) in [6.07, 6.45) is 5.87. The fraction of sp³-hybridized carbons (Fsp3) is 0.222. The lowest BCUT2D eigenvalue weighted by Crippen LogP contribution is -2.04. The van der Waals surface area contributed by atoms with Gasteiger partial charge in [-0.1, -0.05) is 24.3 Å². The molecule has 0 aliphatic heterocycles. The van der Waals surface area contributed by atoms with Gasteiger partial charge in [-0.2, -0.15) is 0 Å². The maximum absolute atomic E-state index is 4.54. The van der Waals surface area contributed by atoms with E-state index in [1.165, 1.54) is 22.3 Å². The van der Waals surface area contributed by atoms with E-state index in [0.717, 1.165) is 24.2 Å². The van der Waals surface area contributed by atoms with Gasteiger partial charge < -0.3 is 0 Å². The first-order valence-corrected chi connectivity index (χ1v) is 7.06. The van der Waals surface area contributed by atoms with E-state index in [0.29, 0.717) is 0 Å². The Labute approximate surface area is 119 Å². The van der Waals surface area contributed by atoms with Crippen molar-refractivity contribution in [2.45, 2.75) is 26.7 Å². The maximum Gasteiger partial charge on any atom is 0.0707 e. The van der Waals surface area contributed by atoms with Crippen molar-refractivity contribution in [1.29, 1.82) is 0 Å². The van der Waals surface area contributed by atoms with Gasteiger partial charge in [0.2, 0.25) is 0 Å². The Bertz CT molecular complexity index is 635. The van der Waals surface area contributed by atoms with Crippen molar-refractivity contribution in [3.8, 4) is 11.1 Å². The molecule has 100 valence electrons. The lowest BCUT2D eigenvalue weighted by molar-refractivity contribution is 0.942. The predicted octanol–water partition coefficient (Wildman–Crippen LogP) is 4.90. The number of fused-ring (bicyclic) bond motifs is 3. The molecule has 1 aliphatic rings. The largest absolute Gasteiger partial charge is 0.261 e. The molecule has 2 aromatic rings. The van der Waals surface area contributed by atoms with Crippen LogP contribution in [0.3, 0.4) is 0 Å².